The molecule has 14 heavy (non-hydrogen) atoms. The molecule has 0 bridgehead atoms. The van der Waals surface area contributed by atoms with Crippen molar-refractivity contribution in [2.24, 2.45) is 11.7 Å². The van der Waals surface area contributed by atoms with Crippen LogP contribution in [0.3, 0.4) is 0 Å². The molecule has 0 aliphatic carbocycles. The largest absolute Gasteiger partial charge is 0.508 e. The lowest BCUT2D eigenvalue weighted by Gasteiger charge is -2.15. The van der Waals surface area contributed by atoms with Gasteiger partial charge in [-0.25, -0.2) is 0 Å². The lowest BCUT2D eigenvalue weighted by Crippen LogP contribution is -2.12. The number of benzene rings is 1. The molecule has 1 aromatic carbocycles. The van der Waals surface area contributed by atoms with Gasteiger partial charge >= 0.3 is 0 Å². The first kappa shape index (κ1) is 11.1. The maximum atomic E-state index is 9.37. The van der Waals surface area contributed by atoms with E-state index in [2.05, 4.69) is 13.8 Å². The first-order chi connectivity index (χ1) is 6.50. The molecule has 0 radical (unpaired) electrons. The molecule has 0 unspecified atom stereocenters. The minimum atomic E-state index is 0.0781. The van der Waals surface area contributed by atoms with Gasteiger partial charge < -0.3 is 10.8 Å². The van der Waals surface area contributed by atoms with E-state index in [1.54, 1.807) is 6.07 Å². The molecular weight excluding hydrogens is 174 g/mol. The molecule has 0 aliphatic rings. The van der Waals surface area contributed by atoms with E-state index >= 15 is 0 Å². The van der Waals surface area contributed by atoms with Gasteiger partial charge in [0.25, 0.3) is 0 Å². The number of hydrogen-bond acceptors (Lipinski definition) is 2. The van der Waals surface area contributed by atoms with Crippen LogP contribution in [0.25, 0.3) is 0 Å². The Labute approximate surface area is 85.8 Å². The zero-order valence-electron chi connectivity index (χ0n) is 9.12. The molecule has 0 aliphatic heterocycles. The van der Waals surface area contributed by atoms with Crippen LogP contribution in [0.15, 0.2) is 18.2 Å². The molecule has 0 amide bonds. The normalized spacial score (nSPS) is 13.2. The highest BCUT2D eigenvalue weighted by Gasteiger charge is 2.09. The Morgan fingerprint density at radius 3 is 2.50 bits per heavy atom. The van der Waals surface area contributed by atoms with Crippen molar-refractivity contribution in [1.29, 1.82) is 0 Å². The van der Waals surface area contributed by atoms with Crippen LogP contribution in [-0.4, -0.2) is 5.11 Å². The number of aryl methyl sites for hydroxylation is 1. The Bertz CT molecular complexity index is 307. The third-order valence-corrected chi connectivity index (χ3v) is 2.37. The SMILES string of the molecule is Cc1cc([C@@H](N)CC(C)C)ccc1O. The fourth-order valence-corrected chi connectivity index (χ4v) is 1.55. The Balaban J connectivity index is 2.80. The van der Waals surface area contributed by atoms with Crippen LogP contribution in [0, 0.1) is 12.8 Å². The molecule has 0 spiro atoms. The van der Waals surface area contributed by atoms with Crippen LogP contribution in [0.4, 0.5) is 0 Å². The Hall–Kier alpha value is -1.02. The van der Waals surface area contributed by atoms with Gasteiger partial charge in [0.2, 0.25) is 0 Å². The summed E-state index contributed by atoms with van der Waals surface area (Å²) in [6.45, 7) is 6.21. The minimum Gasteiger partial charge on any atom is -0.508 e. The maximum Gasteiger partial charge on any atom is 0.118 e. The molecule has 2 heteroatoms. The monoisotopic (exact) mass is 193 g/mol. The smallest absolute Gasteiger partial charge is 0.118 e. The lowest BCUT2D eigenvalue weighted by molar-refractivity contribution is 0.469. The average molecular weight is 193 g/mol. The molecule has 1 atom stereocenters. The van der Waals surface area contributed by atoms with Crippen LogP contribution in [0.5, 0.6) is 5.75 Å². The molecule has 0 saturated carbocycles. The summed E-state index contributed by atoms with van der Waals surface area (Å²) >= 11 is 0. The van der Waals surface area contributed by atoms with Gasteiger partial charge in [-0.3, -0.25) is 0 Å². The van der Waals surface area contributed by atoms with Gasteiger partial charge in [0.15, 0.2) is 0 Å². The third kappa shape index (κ3) is 2.74. The molecule has 1 aromatic rings. The Kier molecular flexibility index (Phi) is 3.53. The van der Waals surface area contributed by atoms with Crippen molar-refractivity contribution < 1.29 is 5.11 Å². The van der Waals surface area contributed by atoms with Crippen molar-refractivity contribution in [1.82, 2.24) is 0 Å². The topological polar surface area (TPSA) is 46.2 Å². The predicted octanol–water partition coefficient (Wildman–Crippen LogP) is 2.75. The summed E-state index contributed by atoms with van der Waals surface area (Å²) in [6, 6.07) is 5.65. The Morgan fingerprint density at radius 1 is 1.36 bits per heavy atom. The maximum absolute atomic E-state index is 9.37. The van der Waals surface area contributed by atoms with E-state index in [-0.39, 0.29) is 6.04 Å². The van der Waals surface area contributed by atoms with E-state index in [0.29, 0.717) is 11.7 Å². The van der Waals surface area contributed by atoms with Crippen LogP contribution >= 0.6 is 0 Å². The van der Waals surface area contributed by atoms with Gasteiger partial charge in [0, 0.05) is 6.04 Å². The molecule has 0 fully saturated rings. The summed E-state index contributed by atoms with van der Waals surface area (Å²) in [7, 11) is 0. The summed E-state index contributed by atoms with van der Waals surface area (Å²) in [5.41, 5.74) is 8.03. The molecule has 2 nitrogen and oxygen atoms in total. The summed E-state index contributed by atoms with van der Waals surface area (Å²) in [5.74, 6) is 0.935. The van der Waals surface area contributed by atoms with Crippen molar-refractivity contribution in [2.45, 2.75) is 33.2 Å². The highest BCUT2D eigenvalue weighted by Crippen LogP contribution is 2.23. The Morgan fingerprint density at radius 2 is 2.00 bits per heavy atom. The number of rotatable bonds is 3. The van der Waals surface area contributed by atoms with Gasteiger partial charge in [-0.2, -0.15) is 0 Å². The van der Waals surface area contributed by atoms with E-state index in [0.717, 1.165) is 17.5 Å². The van der Waals surface area contributed by atoms with Crippen LogP contribution in [0.2, 0.25) is 0 Å². The lowest BCUT2D eigenvalue weighted by atomic mass is 9.96. The second-order valence-electron chi connectivity index (χ2n) is 4.28. The molecular formula is C12H19NO. The van der Waals surface area contributed by atoms with E-state index in [9.17, 15) is 5.11 Å². The minimum absolute atomic E-state index is 0.0781. The second kappa shape index (κ2) is 4.47. The number of phenols is 1. The van der Waals surface area contributed by atoms with Gasteiger partial charge in [-0.15, -0.1) is 0 Å². The summed E-state index contributed by atoms with van der Waals surface area (Å²) < 4.78 is 0. The van der Waals surface area contributed by atoms with Crippen molar-refractivity contribution in [2.75, 3.05) is 0 Å². The average Bonchev–Trinajstić information content (AvgIpc) is 2.08. The van der Waals surface area contributed by atoms with E-state index in [1.807, 2.05) is 19.1 Å². The van der Waals surface area contributed by atoms with Crippen LogP contribution < -0.4 is 5.73 Å². The number of hydrogen-bond donors (Lipinski definition) is 2. The highest BCUT2D eigenvalue weighted by molar-refractivity contribution is 5.36. The van der Waals surface area contributed by atoms with Gasteiger partial charge in [0.1, 0.15) is 5.75 Å². The first-order valence-electron chi connectivity index (χ1n) is 5.05. The summed E-state index contributed by atoms with van der Waals surface area (Å²) in [6.07, 6.45) is 0.976. The molecule has 78 valence electrons. The molecule has 0 heterocycles. The number of nitrogens with two attached hydrogens (primary N) is 1. The summed E-state index contributed by atoms with van der Waals surface area (Å²) in [4.78, 5) is 0. The predicted molar refractivity (Wildman–Crippen MR) is 59.2 cm³/mol. The van der Waals surface area contributed by atoms with Gasteiger partial charge in [-0.05, 0) is 36.5 Å². The fourth-order valence-electron chi connectivity index (χ4n) is 1.55. The van der Waals surface area contributed by atoms with E-state index in [4.69, 9.17) is 5.73 Å². The quantitative estimate of drug-likeness (QED) is 0.775. The molecule has 0 saturated heterocycles. The zero-order chi connectivity index (χ0) is 10.7. The van der Waals surface area contributed by atoms with Crippen molar-refractivity contribution in [3.63, 3.8) is 0 Å². The van der Waals surface area contributed by atoms with Crippen molar-refractivity contribution >= 4 is 0 Å². The second-order valence-corrected chi connectivity index (χ2v) is 4.28. The van der Waals surface area contributed by atoms with Crippen LogP contribution in [0.1, 0.15) is 37.4 Å². The van der Waals surface area contributed by atoms with Gasteiger partial charge in [0.05, 0.1) is 0 Å². The van der Waals surface area contributed by atoms with E-state index < -0.39 is 0 Å². The highest BCUT2D eigenvalue weighted by atomic mass is 16.3. The molecule has 1 rings (SSSR count). The molecule has 3 N–H and O–H groups in total. The summed E-state index contributed by atoms with van der Waals surface area (Å²) in [5, 5.41) is 9.37. The van der Waals surface area contributed by atoms with Crippen LogP contribution in [-0.2, 0) is 0 Å². The fraction of sp³-hybridized carbons (Fsp3) is 0.500. The standard InChI is InChI=1S/C12H19NO/c1-8(2)6-11(13)10-4-5-12(14)9(3)7-10/h4-5,7-8,11,14H,6,13H2,1-3H3/t11-/m0/s1. The van der Waals surface area contributed by atoms with Gasteiger partial charge in [-0.1, -0.05) is 26.0 Å². The third-order valence-electron chi connectivity index (χ3n) is 2.37. The number of aromatic hydroxyl groups is 1. The zero-order valence-corrected chi connectivity index (χ0v) is 9.12. The van der Waals surface area contributed by atoms with Crippen molar-refractivity contribution in [3.8, 4) is 5.75 Å². The van der Waals surface area contributed by atoms with Crippen molar-refractivity contribution in [3.05, 3.63) is 29.3 Å². The molecule has 0 aromatic heterocycles. The van der Waals surface area contributed by atoms with E-state index in [1.165, 1.54) is 0 Å². The first-order valence-corrected chi connectivity index (χ1v) is 5.05. The number of phenolic OH excluding ortho intramolecular Hbond substituents is 1.